The summed E-state index contributed by atoms with van der Waals surface area (Å²) in [5, 5.41) is 10.8. The highest BCUT2D eigenvalue weighted by Crippen LogP contribution is 2.25. The minimum Gasteiger partial charge on any atom is -0.337 e. The Kier molecular flexibility index (Phi) is 5.08. The molecule has 0 aromatic carbocycles. The summed E-state index contributed by atoms with van der Waals surface area (Å²) >= 11 is 0. The predicted molar refractivity (Wildman–Crippen MR) is 97.5 cm³/mol. The molecule has 3 aliphatic rings. The van der Waals surface area contributed by atoms with Crippen molar-refractivity contribution in [3.05, 3.63) is 17.0 Å². The van der Waals surface area contributed by atoms with Crippen molar-refractivity contribution < 1.29 is 4.79 Å². The van der Waals surface area contributed by atoms with Crippen LogP contribution in [0.3, 0.4) is 0 Å². The first-order valence-electron chi connectivity index (χ1n) is 10.0. The number of hydrogen-bond acceptors (Lipinski definition) is 4. The van der Waals surface area contributed by atoms with Crippen LogP contribution in [-0.2, 0) is 13.0 Å². The number of amides is 1. The highest BCUT2D eigenvalue weighted by atomic mass is 16.2. The fraction of sp³-hybridized carbons (Fsp3) is 0.789. The van der Waals surface area contributed by atoms with Crippen LogP contribution in [0.2, 0.25) is 0 Å². The van der Waals surface area contributed by atoms with Gasteiger partial charge in [-0.2, -0.15) is 5.10 Å². The molecule has 4 heterocycles. The van der Waals surface area contributed by atoms with E-state index < -0.39 is 0 Å². The lowest BCUT2D eigenvalue weighted by Crippen LogP contribution is -2.47. The van der Waals surface area contributed by atoms with Gasteiger partial charge in [-0.15, -0.1) is 0 Å². The van der Waals surface area contributed by atoms with E-state index in [-0.39, 0.29) is 5.91 Å². The van der Waals surface area contributed by atoms with Gasteiger partial charge in [0.25, 0.3) is 5.91 Å². The summed E-state index contributed by atoms with van der Waals surface area (Å²) in [5.74, 6) is 0.726. The Hall–Kier alpha value is -1.40. The monoisotopic (exact) mass is 345 g/mol. The molecule has 0 spiro atoms. The number of piperidine rings is 2. The van der Waals surface area contributed by atoms with E-state index in [0.717, 1.165) is 56.8 Å². The Labute approximate surface area is 150 Å². The number of aromatic amines is 1. The highest BCUT2D eigenvalue weighted by Gasteiger charge is 2.31. The second-order valence-corrected chi connectivity index (χ2v) is 8.06. The van der Waals surface area contributed by atoms with Crippen LogP contribution in [0.25, 0.3) is 0 Å². The van der Waals surface area contributed by atoms with E-state index in [2.05, 4.69) is 27.3 Å². The van der Waals surface area contributed by atoms with E-state index in [4.69, 9.17) is 0 Å². The van der Waals surface area contributed by atoms with E-state index in [1.807, 2.05) is 4.90 Å². The van der Waals surface area contributed by atoms with Crippen molar-refractivity contribution in [3.8, 4) is 0 Å². The van der Waals surface area contributed by atoms with Gasteiger partial charge in [0.05, 0.1) is 0 Å². The summed E-state index contributed by atoms with van der Waals surface area (Å²) in [4.78, 5) is 17.7. The molecule has 6 heteroatoms. The maximum absolute atomic E-state index is 13.0. The average molecular weight is 345 g/mol. The number of nitrogens with one attached hydrogen (secondary N) is 2. The molecule has 6 nitrogen and oxygen atoms in total. The van der Waals surface area contributed by atoms with Gasteiger partial charge < -0.3 is 15.1 Å². The van der Waals surface area contributed by atoms with Gasteiger partial charge in [0.1, 0.15) is 0 Å². The minimum atomic E-state index is 0.123. The van der Waals surface area contributed by atoms with Crippen molar-refractivity contribution in [2.24, 2.45) is 5.92 Å². The Bertz CT molecular complexity index is 613. The Morgan fingerprint density at radius 1 is 1.24 bits per heavy atom. The fourth-order valence-corrected chi connectivity index (χ4v) is 4.71. The van der Waals surface area contributed by atoms with Gasteiger partial charge in [-0.1, -0.05) is 6.42 Å². The predicted octanol–water partition coefficient (Wildman–Crippen LogP) is 1.78. The lowest BCUT2D eigenvalue weighted by molar-refractivity contribution is 0.0588. The molecule has 0 radical (unpaired) electrons. The third kappa shape index (κ3) is 3.60. The molecule has 0 saturated carbocycles. The molecule has 2 unspecified atom stereocenters. The zero-order valence-electron chi connectivity index (χ0n) is 15.4. The average Bonchev–Trinajstić information content (AvgIpc) is 3.07. The van der Waals surface area contributed by atoms with Crippen LogP contribution in [-0.4, -0.2) is 64.7 Å². The van der Waals surface area contributed by atoms with Crippen LogP contribution in [0, 0.1) is 5.92 Å². The molecule has 1 aromatic rings. The third-order valence-corrected chi connectivity index (χ3v) is 6.25. The largest absolute Gasteiger partial charge is 0.337 e. The molecule has 2 fully saturated rings. The quantitative estimate of drug-likeness (QED) is 0.877. The SMILES string of the molecule is CC1CCCCN1CC1CCCN(C(=O)c2n[nH]c3c2CNCC3)C1. The standard InChI is InChI=1S/C19H31N5O/c1-14-5-2-3-9-23(14)12-15-6-4-10-24(13-15)19(25)18-16-11-20-8-7-17(16)21-22-18/h14-15,20H,2-13H2,1H3,(H,21,22). The van der Waals surface area contributed by atoms with Crippen molar-refractivity contribution in [3.63, 3.8) is 0 Å². The highest BCUT2D eigenvalue weighted by molar-refractivity contribution is 5.94. The van der Waals surface area contributed by atoms with E-state index in [0.29, 0.717) is 17.7 Å². The van der Waals surface area contributed by atoms with Crippen molar-refractivity contribution in [1.82, 2.24) is 25.3 Å². The molecule has 2 atom stereocenters. The summed E-state index contributed by atoms with van der Waals surface area (Å²) in [6.45, 7) is 8.21. The first kappa shape index (κ1) is 17.0. The van der Waals surface area contributed by atoms with Crippen LogP contribution in [0.1, 0.15) is 60.8 Å². The molecule has 138 valence electrons. The molecule has 1 aromatic heterocycles. The van der Waals surface area contributed by atoms with Gasteiger partial charge >= 0.3 is 0 Å². The second-order valence-electron chi connectivity index (χ2n) is 8.06. The summed E-state index contributed by atoms with van der Waals surface area (Å²) in [6.07, 6.45) is 7.31. The minimum absolute atomic E-state index is 0.123. The third-order valence-electron chi connectivity index (χ3n) is 6.25. The van der Waals surface area contributed by atoms with Crippen LogP contribution in [0.5, 0.6) is 0 Å². The van der Waals surface area contributed by atoms with Gasteiger partial charge in [-0.05, 0) is 45.1 Å². The van der Waals surface area contributed by atoms with Crippen molar-refractivity contribution in [1.29, 1.82) is 0 Å². The number of rotatable bonds is 3. The summed E-state index contributed by atoms with van der Waals surface area (Å²) < 4.78 is 0. The van der Waals surface area contributed by atoms with E-state index in [1.165, 1.54) is 32.2 Å². The van der Waals surface area contributed by atoms with Crippen LogP contribution >= 0.6 is 0 Å². The van der Waals surface area contributed by atoms with E-state index in [9.17, 15) is 4.79 Å². The Morgan fingerprint density at radius 3 is 3.04 bits per heavy atom. The Morgan fingerprint density at radius 2 is 2.16 bits per heavy atom. The van der Waals surface area contributed by atoms with Crippen LogP contribution in [0.15, 0.2) is 0 Å². The van der Waals surface area contributed by atoms with Gasteiger partial charge in [-0.25, -0.2) is 0 Å². The van der Waals surface area contributed by atoms with E-state index in [1.54, 1.807) is 0 Å². The number of carbonyl (C=O) groups is 1. The first-order chi connectivity index (χ1) is 12.2. The lowest BCUT2D eigenvalue weighted by Gasteiger charge is -2.39. The molecule has 4 rings (SSSR count). The van der Waals surface area contributed by atoms with Crippen molar-refractivity contribution >= 4 is 5.91 Å². The number of aromatic nitrogens is 2. The zero-order chi connectivity index (χ0) is 17.2. The molecule has 0 aliphatic carbocycles. The molecule has 2 saturated heterocycles. The van der Waals surface area contributed by atoms with Gasteiger partial charge in [0.15, 0.2) is 5.69 Å². The zero-order valence-corrected chi connectivity index (χ0v) is 15.4. The van der Waals surface area contributed by atoms with E-state index >= 15 is 0 Å². The molecular formula is C19H31N5O. The van der Waals surface area contributed by atoms with Gasteiger partial charge in [-0.3, -0.25) is 9.89 Å². The van der Waals surface area contributed by atoms with Crippen molar-refractivity contribution in [2.45, 2.75) is 58.0 Å². The van der Waals surface area contributed by atoms with Gasteiger partial charge in [0.2, 0.25) is 0 Å². The van der Waals surface area contributed by atoms with Crippen LogP contribution in [0.4, 0.5) is 0 Å². The molecular weight excluding hydrogens is 314 g/mol. The fourth-order valence-electron chi connectivity index (χ4n) is 4.71. The van der Waals surface area contributed by atoms with Crippen LogP contribution < -0.4 is 5.32 Å². The second kappa shape index (κ2) is 7.46. The number of H-pyrrole nitrogens is 1. The molecule has 2 N–H and O–H groups in total. The number of nitrogens with zero attached hydrogens (tertiary/aromatic N) is 3. The maximum Gasteiger partial charge on any atom is 0.274 e. The number of fused-ring (bicyclic) bond motifs is 1. The lowest BCUT2D eigenvalue weighted by atomic mass is 9.94. The normalized spacial score (nSPS) is 28.0. The first-order valence-corrected chi connectivity index (χ1v) is 10.0. The number of carbonyl (C=O) groups excluding carboxylic acids is 1. The summed E-state index contributed by atoms with van der Waals surface area (Å²) in [7, 11) is 0. The molecule has 1 amide bonds. The molecule has 3 aliphatic heterocycles. The number of hydrogen-bond donors (Lipinski definition) is 2. The smallest absolute Gasteiger partial charge is 0.274 e. The van der Waals surface area contributed by atoms with Crippen molar-refractivity contribution in [2.75, 3.05) is 32.7 Å². The maximum atomic E-state index is 13.0. The van der Waals surface area contributed by atoms with Gasteiger partial charge in [0, 0.05) is 56.4 Å². The summed E-state index contributed by atoms with van der Waals surface area (Å²) in [6, 6.07) is 0.698. The number of likely N-dealkylation sites (tertiary alicyclic amines) is 2. The molecule has 0 bridgehead atoms. The molecule has 25 heavy (non-hydrogen) atoms. The Balaban J connectivity index is 1.40. The topological polar surface area (TPSA) is 64.3 Å². The summed E-state index contributed by atoms with van der Waals surface area (Å²) in [5.41, 5.74) is 2.87.